The maximum atomic E-state index is 10.6. The second-order valence-electron chi connectivity index (χ2n) is 2.48. The van der Waals surface area contributed by atoms with Gasteiger partial charge < -0.3 is 19.4 Å². The van der Waals surface area contributed by atoms with Crippen LogP contribution in [0.4, 0.5) is 0 Å². The van der Waals surface area contributed by atoms with E-state index in [1.165, 1.54) is 12.3 Å². The van der Waals surface area contributed by atoms with Crippen LogP contribution in [-0.2, 0) is 0 Å². The van der Waals surface area contributed by atoms with Crippen LogP contribution < -0.4 is 14.6 Å². The molecule has 0 saturated heterocycles. The van der Waals surface area contributed by atoms with Gasteiger partial charge in [0.25, 0.3) is 5.88 Å². The molecule has 5 nitrogen and oxygen atoms in total. The lowest BCUT2D eigenvalue weighted by molar-refractivity contribution is -0.255. The van der Waals surface area contributed by atoms with Crippen molar-refractivity contribution >= 4 is 5.97 Å². The quantitative estimate of drug-likeness (QED) is 0.566. The third-order valence-corrected chi connectivity index (χ3v) is 1.66. The first-order chi connectivity index (χ1) is 6.29. The molecule has 0 spiro atoms. The fraction of sp³-hybridized carbons (Fsp3) is 0.250. The number of carboxylic acids is 1. The molecule has 0 N–H and O–H groups in total. The molecule has 0 radical (unpaired) electrons. The van der Waals surface area contributed by atoms with Gasteiger partial charge in [-0.05, 0) is 6.07 Å². The molecule has 0 amide bonds. The third-order valence-electron chi connectivity index (χ3n) is 1.66. The first-order valence-electron chi connectivity index (χ1n) is 3.75. The molecule has 5 heteroatoms. The molecule has 0 fully saturated rings. The van der Waals surface area contributed by atoms with E-state index in [0.717, 1.165) is 0 Å². The summed E-state index contributed by atoms with van der Waals surface area (Å²) in [5.41, 5.74) is -0.0234. The van der Waals surface area contributed by atoms with Crippen molar-refractivity contribution in [2.24, 2.45) is 0 Å². The molecule has 1 aromatic rings. The van der Waals surface area contributed by atoms with Gasteiger partial charge in [-0.3, -0.25) is 0 Å². The fourth-order valence-electron chi connectivity index (χ4n) is 1.11. The molecular weight excluding hydrogens is 174 g/mol. The molecule has 0 atom stereocenters. The maximum absolute atomic E-state index is 10.6. The molecule has 0 unspecified atom stereocenters. The summed E-state index contributed by atoms with van der Waals surface area (Å²) in [4.78, 5) is 14.4. The Morgan fingerprint density at radius 1 is 1.46 bits per heavy atom. The Balaban J connectivity index is 2.52. The van der Waals surface area contributed by atoms with Gasteiger partial charge in [0.1, 0.15) is 13.2 Å². The van der Waals surface area contributed by atoms with Crippen LogP contribution in [0.15, 0.2) is 12.3 Å². The summed E-state index contributed by atoms with van der Waals surface area (Å²) < 4.78 is 10.2. The van der Waals surface area contributed by atoms with Crippen LogP contribution in [0.2, 0.25) is 0 Å². The van der Waals surface area contributed by atoms with E-state index in [-0.39, 0.29) is 17.2 Å². The average molecular weight is 180 g/mol. The second kappa shape index (κ2) is 2.93. The molecule has 68 valence electrons. The Labute approximate surface area is 73.9 Å². The largest absolute Gasteiger partial charge is 0.545 e. The SMILES string of the molecule is O=C([O-])c1ccnc2c1OCCO2. The van der Waals surface area contributed by atoms with E-state index >= 15 is 0 Å². The summed E-state index contributed by atoms with van der Waals surface area (Å²) in [6, 6.07) is 1.32. The van der Waals surface area contributed by atoms with Crippen LogP contribution in [0.1, 0.15) is 10.4 Å². The van der Waals surface area contributed by atoms with Crippen molar-refractivity contribution in [3.8, 4) is 11.6 Å². The zero-order valence-electron chi connectivity index (χ0n) is 6.65. The lowest BCUT2D eigenvalue weighted by atomic mass is 10.2. The summed E-state index contributed by atoms with van der Waals surface area (Å²) in [6.07, 6.45) is 1.35. The van der Waals surface area contributed by atoms with Crippen LogP contribution in [0, 0.1) is 0 Å². The van der Waals surface area contributed by atoms with E-state index in [0.29, 0.717) is 13.2 Å². The minimum absolute atomic E-state index is 0.0234. The number of hydrogen-bond donors (Lipinski definition) is 0. The number of carboxylic acid groups (broad SMARTS) is 1. The van der Waals surface area contributed by atoms with Crippen molar-refractivity contribution in [3.05, 3.63) is 17.8 Å². The van der Waals surface area contributed by atoms with Gasteiger partial charge in [-0.15, -0.1) is 0 Å². The summed E-state index contributed by atoms with van der Waals surface area (Å²) in [5, 5.41) is 10.6. The van der Waals surface area contributed by atoms with E-state index < -0.39 is 5.97 Å². The van der Waals surface area contributed by atoms with E-state index in [9.17, 15) is 9.90 Å². The highest BCUT2D eigenvalue weighted by molar-refractivity contribution is 5.89. The van der Waals surface area contributed by atoms with Crippen LogP contribution in [-0.4, -0.2) is 24.2 Å². The van der Waals surface area contributed by atoms with Crippen molar-refractivity contribution in [2.45, 2.75) is 0 Å². The molecular formula is C8H6NO4-. The Bertz CT molecular complexity index is 350. The van der Waals surface area contributed by atoms with E-state index in [4.69, 9.17) is 9.47 Å². The van der Waals surface area contributed by atoms with Crippen LogP contribution in [0.5, 0.6) is 11.6 Å². The normalized spacial score (nSPS) is 13.8. The molecule has 1 aliphatic rings. The summed E-state index contributed by atoms with van der Waals surface area (Å²) in [5.74, 6) is -0.911. The Morgan fingerprint density at radius 2 is 2.23 bits per heavy atom. The molecule has 2 rings (SSSR count). The number of ether oxygens (including phenoxy) is 2. The van der Waals surface area contributed by atoms with Crippen molar-refractivity contribution in [3.63, 3.8) is 0 Å². The molecule has 2 heterocycles. The number of aromatic carboxylic acids is 1. The Morgan fingerprint density at radius 3 is 3.00 bits per heavy atom. The highest BCUT2D eigenvalue weighted by atomic mass is 16.6. The van der Waals surface area contributed by atoms with E-state index in [2.05, 4.69) is 4.98 Å². The third kappa shape index (κ3) is 1.28. The first-order valence-corrected chi connectivity index (χ1v) is 3.75. The summed E-state index contributed by atoms with van der Waals surface area (Å²) in [6.45, 7) is 0.718. The van der Waals surface area contributed by atoms with Crippen molar-refractivity contribution in [1.29, 1.82) is 0 Å². The zero-order valence-corrected chi connectivity index (χ0v) is 6.65. The highest BCUT2D eigenvalue weighted by Crippen LogP contribution is 2.30. The summed E-state index contributed by atoms with van der Waals surface area (Å²) >= 11 is 0. The number of fused-ring (bicyclic) bond motifs is 1. The number of rotatable bonds is 1. The van der Waals surface area contributed by atoms with Gasteiger partial charge in [0.15, 0.2) is 5.75 Å². The van der Waals surface area contributed by atoms with Crippen LogP contribution in [0.25, 0.3) is 0 Å². The monoisotopic (exact) mass is 180 g/mol. The van der Waals surface area contributed by atoms with Crippen LogP contribution >= 0.6 is 0 Å². The van der Waals surface area contributed by atoms with Gasteiger partial charge in [0.05, 0.1) is 5.97 Å². The second-order valence-corrected chi connectivity index (χ2v) is 2.48. The highest BCUT2D eigenvalue weighted by Gasteiger charge is 2.17. The van der Waals surface area contributed by atoms with Gasteiger partial charge in [0, 0.05) is 11.8 Å². The molecule has 1 aromatic heterocycles. The number of hydrogen-bond acceptors (Lipinski definition) is 5. The smallest absolute Gasteiger partial charge is 0.257 e. The minimum Gasteiger partial charge on any atom is -0.545 e. The van der Waals surface area contributed by atoms with Crippen molar-refractivity contribution < 1.29 is 19.4 Å². The lowest BCUT2D eigenvalue weighted by Gasteiger charge is -2.19. The predicted molar refractivity (Wildman–Crippen MR) is 39.6 cm³/mol. The number of aromatic nitrogens is 1. The van der Waals surface area contributed by atoms with E-state index in [1.54, 1.807) is 0 Å². The van der Waals surface area contributed by atoms with Crippen molar-refractivity contribution in [2.75, 3.05) is 13.2 Å². The van der Waals surface area contributed by atoms with Gasteiger partial charge in [-0.25, -0.2) is 4.98 Å². The summed E-state index contributed by atoms with van der Waals surface area (Å²) in [7, 11) is 0. The molecule has 13 heavy (non-hydrogen) atoms. The van der Waals surface area contributed by atoms with Gasteiger partial charge in [-0.1, -0.05) is 0 Å². The van der Waals surface area contributed by atoms with E-state index in [1.807, 2.05) is 0 Å². The molecule has 0 saturated carbocycles. The molecule has 0 aliphatic carbocycles. The minimum atomic E-state index is -1.29. The number of carbonyl (C=O) groups is 1. The standard InChI is InChI=1S/C8H7NO4/c10-8(11)5-1-2-9-7-6(5)12-3-4-13-7/h1-2H,3-4H2,(H,10,11)/p-1. The lowest BCUT2D eigenvalue weighted by Crippen LogP contribution is -2.25. The number of nitrogens with zero attached hydrogens (tertiary/aromatic N) is 1. The molecule has 0 bridgehead atoms. The van der Waals surface area contributed by atoms with Crippen molar-refractivity contribution in [1.82, 2.24) is 4.98 Å². The average Bonchev–Trinajstić information content (AvgIpc) is 2.17. The molecule has 0 aromatic carbocycles. The predicted octanol–water partition coefficient (Wildman–Crippen LogP) is -0.784. The number of pyridine rings is 1. The topological polar surface area (TPSA) is 71.5 Å². The fourth-order valence-corrected chi connectivity index (χ4v) is 1.11. The maximum Gasteiger partial charge on any atom is 0.257 e. The molecule has 1 aliphatic heterocycles. The van der Waals surface area contributed by atoms with Gasteiger partial charge in [-0.2, -0.15) is 0 Å². The van der Waals surface area contributed by atoms with Crippen LogP contribution in [0.3, 0.4) is 0 Å². The zero-order chi connectivity index (χ0) is 9.26. The Kier molecular flexibility index (Phi) is 1.77. The van der Waals surface area contributed by atoms with Gasteiger partial charge in [0.2, 0.25) is 0 Å². The van der Waals surface area contributed by atoms with Gasteiger partial charge >= 0.3 is 0 Å². The number of carbonyl (C=O) groups excluding carboxylic acids is 1. The first kappa shape index (κ1) is 7.85. The Hall–Kier alpha value is -1.78.